The van der Waals surface area contributed by atoms with Gasteiger partial charge in [-0.1, -0.05) is 26.7 Å². The van der Waals surface area contributed by atoms with Crippen LogP contribution in [0.1, 0.15) is 39.5 Å². The van der Waals surface area contributed by atoms with E-state index in [1.54, 1.807) is 4.90 Å². The Morgan fingerprint density at radius 2 is 1.80 bits per heavy atom. The first-order valence-electron chi connectivity index (χ1n) is 7.40. The molecule has 1 unspecified atom stereocenters. The highest BCUT2D eigenvalue weighted by molar-refractivity contribution is 6.06. The summed E-state index contributed by atoms with van der Waals surface area (Å²) in [4.78, 5) is 39.0. The Bertz CT molecular complexity index is 400. The number of imide groups is 1. The summed E-state index contributed by atoms with van der Waals surface area (Å²) < 4.78 is 0. The van der Waals surface area contributed by atoms with Gasteiger partial charge in [-0.25, -0.2) is 4.79 Å². The van der Waals surface area contributed by atoms with Gasteiger partial charge in [0.1, 0.15) is 12.6 Å². The Kier molecular flexibility index (Phi) is 4.62. The van der Waals surface area contributed by atoms with Gasteiger partial charge in [0.2, 0.25) is 5.91 Å². The van der Waals surface area contributed by atoms with Gasteiger partial charge >= 0.3 is 6.03 Å². The van der Waals surface area contributed by atoms with E-state index in [-0.39, 0.29) is 24.3 Å². The molecule has 2 saturated heterocycles. The number of nitrogens with one attached hydrogen (secondary N) is 1. The summed E-state index contributed by atoms with van der Waals surface area (Å²) in [6.07, 6.45) is 4.28. The van der Waals surface area contributed by atoms with E-state index in [9.17, 15) is 14.4 Å². The van der Waals surface area contributed by atoms with Crippen molar-refractivity contribution in [1.82, 2.24) is 15.1 Å². The van der Waals surface area contributed by atoms with E-state index in [1.165, 1.54) is 0 Å². The zero-order valence-corrected chi connectivity index (χ0v) is 12.2. The molecule has 0 saturated carbocycles. The average Bonchev–Trinajstić information content (AvgIpc) is 2.64. The van der Waals surface area contributed by atoms with E-state index < -0.39 is 12.1 Å². The van der Waals surface area contributed by atoms with Crippen molar-refractivity contribution < 1.29 is 14.4 Å². The number of carbonyl (C=O) groups excluding carboxylic acids is 3. The predicted octanol–water partition coefficient (Wildman–Crippen LogP) is 0.965. The smallest absolute Gasteiger partial charge is 0.325 e. The van der Waals surface area contributed by atoms with Crippen LogP contribution in [0, 0.1) is 5.92 Å². The SMILES string of the molecule is CC(C)C1NC(=O)N(CC(=O)N2CCCCCC2)C1=O. The molecule has 112 valence electrons. The first kappa shape index (κ1) is 14.8. The fraction of sp³-hybridized carbons (Fsp3) is 0.786. The number of rotatable bonds is 3. The molecular weight excluding hydrogens is 258 g/mol. The molecule has 2 aliphatic rings. The minimum Gasteiger partial charge on any atom is -0.341 e. The quantitative estimate of drug-likeness (QED) is 0.784. The van der Waals surface area contributed by atoms with Crippen LogP contribution in [0.2, 0.25) is 0 Å². The van der Waals surface area contributed by atoms with Crippen molar-refractivity contribution in [2.75, 3.05) is 19.6 Å². The molecule has 6 nitrogen and oxygen atoms in total. The molecule has 0 aromatic rings. The number of amides is 4. The predicted molar refractivity (Wildman–Crippen MR) is 73.9 cm³/mol. The van der Waals surface area contributed by atoms with Crippen LogP contribution in [0.5, 0.6) is 0 Å². The lowest BCUT2D eigenvalue weighted by Crippen LogP contribution is -2.43. The highest BCUT2D eigenvalue weighted by Crippen LogP contribution is 2.15. The standard InChI is InChI=1S/C14H23N3O3/c1-10(2)12-13(19)17(14(20)15-12)9-11(18)16-7-5-3-4-6-8-16/h10,12H,3-9H2,1-2H3,(H,15,20). The van der Waals surface area contributed by atoms with Crippen molar-refractivity contribution in [2.45, 2.75) is 45.6 Å². The molecule has 4 amide bonds. The second-order valence-corrected chi connectivity index (χ2v) is 5.89. The fourth-order valence-electron chi connectivity index (χ4n) is 2.70. The molecule has 0 aliphatic carbocycles. The van der Waals surface area contributed by atoms with Crippen LogP contribution in [0.3, 0.4) is 0 Å². The number of urea groups is 1. The van der Waals surface area contributed by atoms with Gasteiger partial charge in [-0.2, -0.15) is 0 Å². The third-order valence-electron chi connectivity index (χ3n) is 3.98. The highest BCUT2D eigenvalue weighted by Gasteiger charge is 2.40. The number of hydrogen-bond donors (Lipinski definition) is 1. The molecule has 0 radical (unpaired) electrons. The van der Waals surface area contributed by atoms with Crippen molar-refractivity contribution in [3.8, 4) is 0 Å². The summed E-state index contributed by atoms with van der Waals surface area (Å²) in [5.74, 6) is -0.377. The Morgan fingerprint density at radius 1 is 1.20 bits per heavy atom. The Hall–Kier alpha value is -1.59. The van der Waals surface area contributed by atoms with Crippen molar-refractivity contribution in [3.05, 3.63) is 0 Å². The third-order valence-corrected chi connectivity index (χ3v) is 3.98. The zero-order valence-electron chi connectivity index (χ0n) is 12.2. The van der Waals surface area contributed by atoms with Crippen LogP contribution < -0.4 is 5.32 Å². The van der Waals surface area contributed by atoms with Crippen molar-refractivity contribution in [3.63, 3.8) is 0 Å². The number of likely N-dealkylation sites (tertiary alicyclic amines) is 1. The maximum atomic E-state index is 12.2. The first-order chi connectivity index (χ1) is 9.50. The van der Waals surface area contributed by atoms with Crippen LogP contribution in [-0.2, 0) is 9.59 Å². The van der Waals surface area contributed by atoms with Gasteiger partial charge in [0, 0.05) is 13.1 Å². The van der Waals surface area contributed by atoms with E-state index in [4.69, 9.17) is 0 Å². The molecule has 6 heteroatoms. The summed E-state index contributed by atoms with van der Waals surface area (Å²) in [6.45, 7) is 5.09. The lowest BCUT2D eigenvalue weighted by Gasteiger charge is -2.22. The average molecular weight is 281 g/mol. The summed E-state index contributed by atoms with van der Waals surface area (Å²) in [5.41, 5.74) is 0. The van der Waals surface area contributed by atoms with Crippen molar-refractivity contribution >= 4 is 17.8 Å². The molecule has 1 atom stereocenters. The second-order valence-electron chi connectivity index (χ2n) is 5.89. The number of nitrogens with zero attached hydrogens (tertiary/aromatic N) is 2. The van der Waals surface area contributed by atoms with Gasteiger partial charge in [-0.15, -0.1) is 0 Å². The van der Waals surface area contributed by atoms with E-state index in [2.05, 4.69) is 5.32 Å². The van der Waals surface area contributed by atoms with Gasteiger partial charge in [-0.05, 0) is 18.8 Å². The lowest BCUT2D eigenvalue weighted by atomic mass is 10.1. The van der Waals surface area contributed by atoms with E-state index >= 15 is 0 Å². The maximum Gasteiger partial charge on any atom is 0.325 e. The minimum atomic E-state index is -0.501. The monoisotopic (exact) mass is 281 g/mol. The topological polar surface area (TPSA) is 69.7 Å². The van der Waals surface area contributed by atoms with E-state index in [1.807, 2.05) is 13.8 Å². The number of carbonyl (C=O) groups is 3. The molecular formula is C14H23N3O3. The summed E-state index contributed by atoms with van der Waals surface area (Å²) in [5, 5.41) is 2.64. The minimum absolute atomic E-state index is 0.0322. The zero-order chi connectivity index (χ0) is 14.7. The second kappa shape index (κ2) is 6.24. The van der Waals surface area contributed by atoms with Crippen LogP contribution in [0.15, 0.2) is 0 Å². The lowest BCUT2D eigenvalue weighted by molar-refractivity contribution is -0.137. The van der Waals surface area contributed by atoms with Crippen LogP contribution in [0.25, 0.3) is 0 Å². The van der Waals surface area contributed by atoms with Gasteiger partial charge in [0.15, 0.2) is 0 Å². The highest BCUT2D eigenvalue weighted by atomic mass is 16.2. The maximum absolute atomic E-state index is 12.2. The molecule has 20 heavy (non-hydrogen) atoms. The van der Waals surface area contributed by atoms with Crippen LogP contribution in [-0.4, -0.2) is 53.3 Å². The molecule has 2 fully saturated rings. The molecule has 0 bridgehead atoms. The molecule has 0 aromatic heterocycles. The van der Waals surface area contributed by atoms with E-state index in [0.717, 1.165) is 43.7 Å². The molecule has 2 heterocycles. The van der Waals surface area contributed by atoms with Crippen molar-refractivity contribution in [1.29, 1.82) is 0 Å². The first-order valence-corrected chi connectivity index (χ1v) is 7.40. The van der Waals surface area contributed by atoms with Crippen LogP contribution >= 0.6 is 0 Å². The summed E-state index contributed by atoms with van der Waals surface area (Å²) in [6, 6.07) is -0.948. The Labute approximate surface area is 119 Å². The third kappa shape index (κ3) is 3.11. The Morgan fingerprint density at radius 3 is 2.30 bits per heavy atom. The molecule has 0 aromatic carbocycles. The van der Waals surface area contributed by atoms with Crippen LogP contribution in [0.4, 0.5) is 4.79 Å². The number of hydrogen-bond acceptors (Lipinski definition) is 3. The fourth-order valence-corrected chi connectivity index (χ4v) is 2.70. The molecule has 2 aliphatic heterocycles. The molecule has 2 rings (SSSR count). The Balaban J connectivity index is 1.96. The van der Waals surface area contributed by atoms with Gasteiger partial charge in [0.05, 0.1) is 0 Å². The summed E-state index contributed by atoms with van der Waals surface area (Å²) in [7, 11) is 0. The van der Waals surface area contributed by atoms with Gasteiger partial charge in [0.25, 0.3) is 5.91 Å². The van der Waals surface area contributed by atoms with Crippen molar-refractivity contribution in [2.24, 2.45) is 5.92 Å². The molecule has 0 spiro atoms. The molecule has 1 N–H and O–H groups in total. The van der Waals surface area contributed by atoms with Gasteiger partial charge in [-0.3, -0.25) is 14.5 Å². The van der Waals surface area contributed by atoms with Gasteiger partial charge < -0.3 is 10.2 Å². The van der Waals surface area contributed by atoms with E-state index in [0.29, 0.717) is 0 Å². The normalized spacial score (nSPS) is 24.1. The summed E-state index contributed by atoms with van der Waals surface area (Å²) >= 11 is 0. The largest absolute Gasteiger partial charge is 0.341 e.